The van der Waals surface area contributed by atoms with Crippen LogP contribution in [0.2, 0.25) is 0 Å². The van der Waals surface area contributed by atoms with Crippen molar-refractivity contribution in [3.05, 3.63) is 47.7 Å². The van der Waals surface area contributed by atoms with E-state index in [4.69, 9.17) is 4.74 Å². The molecule has 0 aliphatic rings. The number of rotatable bonds is 5. The minimum absolute atomic E-state index is 0.305. The van der Waals surface area contributed by atoms with Gasteiger partial charge in [-0.25, -0.2) is 4.79 Å². The second kappa shape index (κ2) is 6.67. The number of allylic oxidation sites excluding steroid dienone is 1. The fraction of sp³-hybridized carbons (Fsp3) is 0.308. The molecule has 0 aliphatic carbocycles. The van der Waals surface area contributed by atoms with E-state index < -0.39 is 0 Å². The summed E-state index contributed by atoms with van der Waals surface area (Å²) in [5, 5.41) is 3.15. The van der Waals surface area contributed by atoms with Gasteiger partial charge in [0.1, 0.15) is 0 Å². The van der Waals surface area contributed by atoms with Gasteiger partial charge in [0.05, 0.1) is 6.61 Å². The number of hydrogen-bond acceptors (Lipinski definition) is 3. The Balaban J connectivity index is 2.40. The second-order valence-electron chi connectivity index (χ2n) is 3.42. The predicted octanol–water partition coefficient (Wildman–Crippen LogP) is 2.24. The van der Waals surface area contributed by atoms with Crippen molar-refractivity contribution in [2.45, 2.75) is 20.4 Å². The molecule has 0 heterocycles. The molecular weight excluding hydrogens is 202 g/mol. The summed E-state index contributed by atoms with van der Waals surface area (Å²) in [6, 6.07) is 10.0. The van der Waals surface area contributed by atoms with Crippen LogP contribution in [0.15, 0.2) is 42.1 Å². The molecule has 0 aliphatic heterocycles. The van der Waals surface area contributed by atoms with E-state index in [1.54, 1.807) is 6.92 Å². The van der Waals surface area contributed by atoms with Crippen molar-refractivity contribution in [1.82, 2.24) is 5.32 Å². The summed E-state index contributed by atoms with van der Waals surface area (Å²) in [6.45, 7) is 4.75. The average Bonchev–Trinajstić information content (AvgIpc) is 2.28. The number of hydrogen-bond donors (Lipinski definition) is 1. The minimum atomic E-state index is -0.305. The zero-order valence-electron chi connectivity index (χ0n) is 9.69. The lowest BCUT2D eigenvalue weighted by atomic mass is 10.2. The summed E-state index contributed by atoms with van der Waals surface area (Å²) in [5.41, 5.74) is 1.99. The van der Waals surface area contributed by atoms with Crippen molar-refractivity contribution in [2.24, 2.45) is 0 Å². The maximum Gasteiger partial charge on any atom is 0.332 e. The molecule has 0 atom stereocenters. The van der Waals surface area contributed by atoms with E-state index in [0.29, 0.717) is 13.2 Å². The lowest BCUT2D eigenvalue weighted by Gasteiger charge is -2.06. The number of benzene rings is 1. The third-order valence-corrected chi connectivity index (χ3v) is 2.04. The molecule has 0 aromatic heterocycles. The van der Waals surface area contributed by atoms with E-state index in [9.17, 15) is 4.79 Å². The number of esters is 1. The van der Waals surface area contributed by atoms with Gasteiger partial charge in [-0.3, -0.25) is 0 Å². The number of carbonyl (C=O) groups is 1. The fourth-order valence-corrected chi connectivity index (χ4v) is 1.25. The van der Waals surface area contributed by atoms with Crippen LogP contribution in [0.5, 0.6) is 0 Å². The fourth-order valence-electron chi connectivity index (χ4n) is 1.25. The van der Waals surface area contributed by atoms with E-state index in [1.165, 1.54) is 11.6 Å². The zero-order chi connectivity index (χ0) is 11.8. The Morgan fingerprint density at radius 1 is 1.38 bits per heavy atom. The van der Waals surface area contributed by atoms with Crippen molar-refractivity contribution in [3.8, 4) is 0 Å². The predicted molar refractivity (Wildman–Crippen MR) is 63.7 cm³/mol. The topological polar surface area (TPSA) is 38.3 Å². The molecule has 1 N–H and O–H groups in total. The minimum Gasteiger partial charge on any atom is -0.463 e. The van der Waals surface area contributed by atoms with Crippen molar-refractivity contribution < 1.29 is 9.53 Å². The summed E-state index contributed by atoms with van der Waals surface area (Å²) in [7, 11) is 0. The molecule has 0 fully saturated rings. The van der Waals surface area contributed by atoms with E-state index >= 15 is 0 Å². The molecule has 0 saturated carbocycles. The summed E-state index contributed by atoms with van der Waals surface area (Å²) in [6.07, 6.45) is 1.46. The van der Waals surface area contributed by atoms with Crippen LogP contribution in [0.3, 0.4) is 0 Å². The van der Waals surface area contributed by atoms with Gasteiger partial charge in [0.2, 0.25) is 0 Å². The highest BCUT2D eigenvalue weighted by atomic mass is 16.5. The Morgan fingerprint density at radius 2 is 2.06 bits per heavy atom. The van der Waals surface area contributed by atoms with E-state index in [0.717, 1.165) is 5.70 Å². The van der Waals surface area contributed by atoms with Crippen molar-refractivity contribution in [2.75, 3.05) is 6.61 Å². The van der Waals surface area contributed by atoms with Gasteiger partial charge < -0.3 is 10.1 Å². The van der Waals surface area contributed by atoms with Gasteiger partial charge in [-0.1, -0.05) is 30.3 Å². The van der Waals surface area contributed by atoms with E-state index in [1.807, 2.05) is 37.3 Å². The maximum atomic E-state index is 11.1. The SMILES string of the molecule is CCOC(=O)/C=C(\C)NCc1ccccc1. The highest BCUT2D eigenvalue weighted by Gasteiger charge is 1.97. The Morgan fingerprint density at radius 3 is 2.69 bits per heavy atom. The molecular formula is C13H17NO2. The molecule has 86 valence electrons. The molecule has 1 rings (SSSR count). The summed E-state index contributed by atoms with van der Waals surface area (Å²) >= 11 is 0. The van der Waals surface area contributed by atoms with Gasteiger partial charge in [-0.15, -0.1) is 0 Å². The normalized spacial score (nSPS) is 11.0. The molecule has 0 amide bonds. The van der Waals surface area contributed by atoms with Crippen LogP contribution >= 0.6 is 0 Å². The first-order valence-corrected chi connectivity index (χ1v) is 5.35. The van der Waals surface area contributed by atoms with Crippen molar-refractivity contribution >= 4 is 5.97 Å². The van der Waals surface area contributed by atoms with Gasteiger partial charge >= 0.3 is 5.97 Å². The molecule has 0 unspecified atom stereocenters. The molecule has 0 saturated heterocycles. The number of ether oxygens (including phenoxy) is 1. The monoisotopic (exact) mass is 219 g/mol. The van der Waals surface area contributed by atoms with Crippen LogP contribution in [0.1, 0.15) is 19.4 Å². The standard InChI is InChI=1S/C13H17NO2/c1-3-16-13(15)9-11(2)14-10-12-7-5-4-6-8-12/h4-9,14H,3,10H2,1-2H3/b11-9+. The first kappa shape index (κ1) is 12.3. The molecule has 3 heteroatoms. The molecule has 0 radical (unpaired) electrons. The van der Waals surface area contributed by atoms with Crippen LogP contribution < -0.4 is 5.32 Å². The second-order valence-corrected chi connectivity index (χ2v) is 3.42. The summed E-state index contributed by atoms with van der Waals surface area (Å²) in [5.74, 6) is -0.305. The van der Waals surface area contributed by atoms with E-state index in [-0.39, 0.29) is 5.97 Å². The molecule has 1 aromatic rings. The highest BCUT2D eigenvalue weighted by molar-refractivity contribution is 5.82. The van der Waals surface area contributed by atoms with Crippen molar-refractivity contribution in [3.63, 3.8) is 0 Å². The lowest BCUT2D eigenvalue weighted by molar-refractivity contribution is -0.137. The lowest BCUT2D eigenvalue weighted by Crippen LogP contribution is -2.12. The van der Waals surface area contributed by atoms with Gasteiger partial charge in [0, 0.05) is 18.3 Å². The maximum absolute atomic E-state index is 11.1. The van der Waals surface area contributed by atoms with Gasteiger partial charge in [0.15, 0.2) is 0 Å². The van der Waals surface area contributed by atoms with Crippen LogP contribution in [-0.2, 0) is 16.1 Å². The molecule has 3 nitrogen and oxygen atoms in total. The summed E-state index contributed by atoms with van der Waals surface area (Å²) in [4.78, 5) is 11.1. The Kier molecular flexibility index (Phi) is 5.12. The van der Waals surface area contributed by atoms with Crippen LogP contribution in [0, 0.1) is 0 Å². The number of carbonyl (C=O) groups excluding carboxylic acids is 1. The molecule has 0 bridgehead atoms. The molecule has 0 spiro atoms. The van der Waals surface area contributed by atoms with Gasteiger partial charge in [-0.05, 0) is 19.4 Å². The third-order valence-electron chi connectivity index (χ3n) is 2.04. The average molecular weight is 219 g/mol. The quantitative estimate of drug-likeness (QED) is 0.609. The number of nitrogens with one attached hydrogen (secondary N) is 1. The summed E-state index contributed by atoms with van der Waals surface area (Å²) < 4.78 is 4.81. The first-order valence-electron chi connectivity index (χ1n) is 5.35. The van der Waals surface area contributed by atoms with Crippen LogP contribution in [0.4, 0.5) is 0 Å². The van der Waals surface area contributed by atoms with Crippen LogP contribution in [0.25, 0.3) is 0 Å². The molecule has 1 aromatic carbocycles. The third kappa shape index (κ3) is 4.64. The smallest absolute Gasteiger partial charge is 0.332 e. The zero-order valence-corrected chi connectivity index (χ0v) is 9.69. The van der Waals surface area contributed by atoms with Crippen LogP contribution in [-0.4, -0.2) is 12.6 Å². The van der Waals surface area contributed by atoms with Gasteiger partial charge in [-0.2, -0.15) is 0 Å². The molecule has 16 heavy (non-hydrogen) atoms. The Labute approximate surface area is 96.1 Å². The first-order chi connectivity index (χ1) is 7.72. The Bertz CT molecular complexity index is 357. The van der Waals surface area contributed by atoms with E-state index in [2.05, 4.69) is 5.32 Å². The van der Waals surface area contributed by atoms with Crippen molar-refractivity contribution in [1.29, 1.82) is 0 Å². The highest BCUT2D eigenvalue weighted by Crippen LogP contribution is 1.99. The largest absolute Gasteiger partial charge is 0.463 e. The Hall–Kier alpha value is -1.77. The van der Waals surface area contributed by atoms with Gasteiger partial charge in [0.25, 0.3) is 0 Å².